The molecule has 1 N–H and O–H groups in total. The topological polar surface area (TPSA) is 39.6 Å². The number of aromatic nitrogens is 1. The van der Waals surface area contributed by atoms with Gasteiger partial charge < -0.3 is 14.9 Å². The van der Waals surface area contributed by atoms with Crippen molar-refractivity contribution >= 4 is 5.69 Å². The number of pyridine rings is 1. The number of hydrogen-bond acceptors (Lipinski definition) is 4. The van der Waals surface area contributed by atoms with Crippen molar-refractivity contribution in [2.24, 2.45) is 0 Å². The van der Waals surface area contributed by atoms with E-state index in [1.165, 1.54) is 5.69 Å². The van der Waals surface area contributed by atoms with E-state index in [1.54, 1.807) is 0 Å². The lowest BCUT2D eigenvalue weighted by Gasteiger charge is -2.35. The zero-order valence-corrected chi connectivity index (χ0v) is 15.8. The highest BCUT2D eigenvalue weighted by Crippen LogP contribution is 2.21. The second-order valence-corrected chi connectivity index (χ2v) is 7.47. The molecule has 0 atom stereocenters. The largest absolute Gasteiger partial charge is 0.396 e. The molecule has 0 aromatic carbocycles. The molecule has 1 rings (SSSR count). The van der Waals surface area contributed by atoms with Crippen molar-refractivity contribution in [3.05, 3.63) is 24.0 Å². The van der Waals surface area contributed by atoms with E-state index in [9.17, 15) is 0 Å². The van der Waals surface area contributed by atoms with Crippen molar-refractivity contribution in [1.29, 1.82) is 0 Å². The molecule has 1 aromatic rings. The fraction of sp³-hybridized carbons (Fsp3) is 0.737. The summed E-state index contributed by atoms with van der Waals surface area (Å²) in [6, 6.07) is 4.32. The number of unbranched alkanes of at least 4 members (excludes halogenated alkanes) is 1. The number of nitrogens with zero attached hydrogens (tertiary/aromatic N) is 3. The van der Waals surface area contributed by atoms with Crippen LogP contribution in [0.15, 0.2) is 18.3 Å². The molecule has 1 heterocycles. The molecule has 132 valence electrons. The lowest BCUT2D eigenvalue weighted by Crippen LogP contribution is -2.41. The summed E-state index contributed by atoms with van der Waals surface area (Å²) >= 11 is 0. The molecule has 0 unspecified atom stereocenters. The SMILES string of the molecule is CC(C)c1ccc(N(CCCCO)CCC(C)(C)N(C)C)cn1. The van der Waals surface area contributed by atoms with Crippen molar-refractivity contribution in [3.8, 4) is 0 Å². The van der Waals surface area contributed by atoms with Gasteiger partial charge in [0.15, 0.2) is 0 Å². The highest BCUT2D eigenvalue weighted by atomic mass is 16.2. The van der Waals surface area contributed by atoms with E-state index in [2.05, 4.69) is 68.7 Å². The predicted molar refractivity (Wildman–Crippen MR) is 99.2 cm³/mol. The van der Waals surface area contributed by atoms with Crippen LogP contribution in [-0.4, -0.2) is 54.3 Å². The molecule has 0 bridgehead atoms. The Balaban J connectivity index is 2.78. The predicted octanol–water partition coefficient (Wildman–Crippen LogP) is 3.51. The van der Waals surface area contributed by atoms with Gasteiger partial charge in [-0.25, -0.2) is 0 Å². The molecule has 0 spiro atoms. The van der Waals surface area contributed by atoms with Gasteiger partial charge in [0.2, 0.25) is 0 Å². The van der Waals surface area contributed by atoms with Gasteiger partial charge in [0.1, 0.15) is 0 Å². The summed E-state index contributed by atoms with van der Waals surface area (Å²) in [6.07, 6.45) is 4.94. The van der Waals surface area contributed by atoms with Crippen molar-refractivity contribution in [2.75, 3.05) is 38.7 Å². The Morgan fingerprint density at radius 3 is 2.30 bits per heavy atom. The minimum Gasteiger partial charge on any atom is -0.396 e. The summed E-state index contributed by atoms with van der Waals surface area (Å²) in [6.45, 7) is 11.1. The van der Waals surface area contributed by atoms with Gasteiger partial charge in [-0.05, 0) is 65.3 Å². The first-order valence-electron chi connectivity index (χ1n) is 8.77. The number of rotatable bonds is 10. The molecule has 0 aliphatic carbocycles. The van der Waals surface area contributed by atoms with Crippen LogP contribution in [-0.2, 0) is 0 Å². The van der Waals surface area contributed by atoms with E-state index in [1.807, 2.05) is 6.20 Å². The normalized spacial score (nSPS) is 12.2. The Labute approximate surface area is 142 Å². The van der Waals surface area contributed by atoms with Crippen LogP contribution in [0.25, 0.3) is 0 Å². The smallest absolute Gasteiger partial charge is 0.0552 e. The van der Waals surface area contributed by atoms with Gasteiger partial charge in [0.05, 0.1) is 11.9 Å². The maximum Gasteiger partial charge on any atom is 0.0552 e. The molecular weight excluding hydrogens is 286 g/mol. The van der Waals surface area contributed by atoms with Crippen LogP contribution in [0.5, 0.6) is 0 Å². The highest BCUT2D eigenvalue weighted by Gasteiger charge is 2.21. The summed E-state index contributed by atoms with van der Waals surface area (Å²) in [5, 5.41) is 9.04. The molecule has 23 heavy (non-hydrogen) atoms. The number of hydrogen-bond donors (Lipinski definition) is 1. The maximum absolute atomic E-state index is 9.04. The summed E-state index contributed by atoms with van der Waals surface area (Å²) < 4.78 is 0. The number of aliphatic hydroxyl groups is 1. The van der Waals surface area contributed by atoms with Crippen LogP contribution in [0.4, 0.5) is 5.69 Å². The molecule has 0 saturated heterocycles. The molecule has 0 radical (unpaired) electrons. The van der Waals surface area contributed by atoms with Crippen LogP contribution in [0.3, 0.4) is 0 Å². The highest BCUT2D eigenvalue weighted by molar-refractivity contribution is 5.44. The van der Waals surface area contributed by atoms with Crippen LogP contribution >= 0.6 is 0 Å². The van der Waals surface area contributed by atoms with Gasteiger partial charge in [-0.3, -0.25) is 4.98 Å². The second kappa shape index (κ2) is 9.24. The van der Waals surface area contributed by atoms with Crippen molar-refractivity contribution in [2.45, 2.75) is 58.4 Å². The Morgan fingerprint density at radius 2 is 1.83 bits per heavy atom. The molecule has 0 amide bonds. The fourth-order valence-electron chi connectivity index (χ4n) is 2.34. The van der Waals surface area contributed by atoms with Crippen molar-refractivity contribution < 1.29 is 5.11 Å². The first kappa shape index (κ1) is 19.9. The van der Waals surface area contributed by atoms with Gasteiger partial charge in [-0.15, -0.1) is 0 Å². The van der Waals surface area contributed by atoms with Gasteiger partial charge in [-0.2, -0.15) is 0 Å². The summed E-state index contributed by atoms with van der Waals surface area (Å²) in [5.41, 5.74) is 2.49. The lowest BCUT2D eigenvalue weighted by atomic mass is 9.98. The van der Waals surface area contributed by atoms with Gasteiger partial charge in [0.25, 0.3) is 0 Å². The van der Waals surface area contributed by atoms with Crippen molar-refractivity contribution in [1.82, 2.24) is 9.88 Å². The molecule has 0 aliphatic rings. The Bertz CT molecular complexity index is 440. The average Bonchev–Trinajstić information content (AvgIpc) is 2.50. The minimum absolute atomic E-state index is 0.167. The maximum atomic E-state index is 9.04. The summed E-state index contributed by atoms with van der Waals surface area (Å²) in [4.78, 5) is 9.28. The zero-order chi connectivity index (χ0) is 17.5. The molecule has 0 saturated carbocycles. The van der Waals surface area contributed by atoms with Gasteiger partial charge >= 0.3 is 0 Å². The third-order valence-electron chi connectivity index (χ3n) is 4.77. The standard InChI is InChI=1S/C19H35N3O/c1-16(2)18-10-9-17(15-20-18)22(12-7-8-14-23)13-11-19(3,4)21(5)6/h9-10,15-16,23H,7-8,11-14H2,1-6H3. The van der Waals surface area contributed by atoms with Crippen LogP contribution < -0.4 is 4.90 Å². The van der Waals surface area contributed by atoms with E-state index in [0.717, 1.165) is 38.0 Å². The third-order valence-corrected chi connectivity index (χ3v) is 4.77. The van der Waals surface area contributed by atoms with Crippen LogP contribution in [0.2, 0.25) is 0 Å². The first-order valence-corrected chi connectivity index (χ1v) is 8.77. The zero-order valence-electron chi connectivity index (χ0n) is 15.8. The number of anilines is 1. The lowest BCUT2D eigenvalue weighted by molar-refractivity contribution is 0.184. The van der Waals surface area contributed by atoms with E-state index in [4.69, 9.17) is 5.11 Å². The van der Waals surface area contributed by atoms with Gasteiger partial charge in [-0.1, -0.05) is 13.8 Å². The summed E-state index contributed by atoms with van der Waals surface area (Å²) in [7, 11) is 4.27. The summed E-state index contributed by atoms with van der Waals surface area (Å²) in [5.74, 6) is 0.458. The fourth-order valence-corrected chi connectivity index (χ4v) is 2.34. The van der Waals surface area contributed by atoms with E-state index in [-0.39, 0.29) is 12.1 Å². The molecule has 1 aromatic heterocycles. The second-order valence-electron chi connectivity index (χ2n) is 7.47. The first-order chi connectivity index (χ1) is 10.8. The average molecular weight is 322 g/mol. The van der Waals surface area contributed by atoms with Gasteiger partial charge in [0, 0.05) is 30.9 Å². The molecule has 4 nitrogen and oxygen atoms in total. The molecule has 4 heteroatoms. The van der Waals surface area contributed by atoms with Crippen LogP contribution in [0.1, 0.15) is 58.6 Å². The Kier molecular flexibility index (Phi) is 8.00. The van der Waals surface area contributed by atoms with Crippen LogP contribution in [0, 0.1) is 0 Å². The molecule has 0 aliphatic heterocycles. The minimum atomic E-state index is 0.167. The number of aliphatic hydroxyl groups excluding tert-OH is 1. The third kappa shape index (κ3) is 6.48. The Hall–Kier alpha value is -1.13. The molecule has 0 fully saturated rings. The van der Waals surface area contributed by atoms with E-state index in [0.29, 0.717) is 5.92 Å². The van der Waals surface area contributed by atoms with E-state index < -0.39 is 0 Å². The Morgan fingerprint density at radius 1 is 1.13 bits per heavy atom. The molecular formula is C19H35N3O. The quantitative estimate of drug-likeness (QED) is 0.669. The monoisotopic (exact) mass is 321 g/mol. The van der Waals surface area contributed by atoms with E-state index >= 15 is 0 Å². The van der Waals surface area contributed by atoms with Crippen molar-refractivity contribution in [3.63, 3.8) is 0 Å².